The summed E-state index contributed by atoms with van der Waals surface area (Å²) < 4.78 is 19.5. The van der Waals surface area contributed by atoms with Crippen molar-refractivity contribution in [2.45, 2.75) is 31.8 Å². The number of aromatic amines is 1. The van der Waals surface area contributed by atoms with Gasteiger partial charge in [0.1, 0.15) is 5.82 Å². The molecular weight excluding hydrogens is 443 g/mol. The number of ketones is 1. The van der Waals surface area contributed by atoms with E-state index in [2.05, 4.69) is 15.0 Å². The number of nitrogens with two attached hydrogens (primary N) is 1. The monoisotopic (exact) mass is 468 g/mol. The Morgan fingerprint density at radius 2 is 2.06 bits per heavy atom. The van der Waals surface area contributed by atoms with E-state index in [1.54, 1.807) is 30.5 Å². The van der Waals surface area contributed by atoms with E-state index in [4.69, 9.17) is 5.73 Å². The molecule has 34 heavy (non-hydrogen) atoms. The second-order valence-electron chi connectivity index (χ2n) is 7.71. The molecule has 2 amide bonds. The number of Topliss-reactive ketones (excluding diaryl/α,β-unsaturated/α-hetero) is 1. The number of H-pyrrole nitrogens is 1. The summed E-state index contributed by atoms with van der Waals surface area (Å²) in [7, 11) is 1.18. The lowest BCUT2D eigenvalue weighted by Gasteiger charge is -2.16. The van der Waals surface area contributed by atoms with Crippen molar-refractivity contribution in [3.8, 4) is 0 Å². The summed E-state index contributed by atoms with van der Waals surface area (Å²) in [6.45, 7) is 0.207. The predicted octanol–water partition coefficient (Wildman–Crippen LogP) is 2.17. The average Bonchev–Trinajstić information content (AvgIpc) is 3.19. The maximum absolute atomic E-state index is 13.5. The fourth-order valence-electron chi connectivity index (χ4n) is 3.57. The van der Waals surface area contributed by atoms with Crippen LogP contribution in [0.5, 0.6) is 0 Å². The van der Waals surface area contributed by atoms with E-state index in [0.29, 0.717) is 17.5 Å². The third-order valence-corrected chi connectivity index (χ3v) is 5.21. The number of carbonyl (C=O) groups is 3. The van der Waals surface area contributed by atoms with Gasteiger partial charge in [-0.05, 0) is 49.2 Å². The van der Waals surface area contributed by atoms with Crippen molar-refractivity contribution in [2.75, 3.05) is 7.11 Å². The number of amides is 2. The van der Waals surface area contributed by atoms with E-state index in [1.165, 1.54) is 36.0 Å². The van der Waals surface area contributed by atoms with Gasteiger partial charge < -0.3 is 25.3 Å². The summed E-state index contributed by atoms with van der Waals surface area (Å²) in [5, 5.41) is 3.15. The van der Waals surface area contributed by atoms with Crippen LogP contribution in [-0.2, 0) is 27.3 Å². The van der Waals surface area contributed by atoms with Crippen molar-refractivity contribution in [2.24, 2.45) is 5.73 Å². The number of alkyl carbamates (subject to hydrolysis) is 1. The number of methoxy groups -OCH3 is 1. The number of nitrogens with zero attached hydrogens (tertiary/aromatic N) is 1. The molecule has 0 saturated heterocycles. The quantitative estimate of drug-likeness (QED) is 0.392. The van der Waals surface area contributed by atoms with Gasteiger partial charge in [-0.25, -0.2) is 9.18 Å². The third-order valence-electron chi connectivity index (χ3n) is 5.21. The van der Waals surface area contributed by atoms with Gasteiger partial charge in [-0.2, -0.15) is 0 Å². The Balaban J connectivity index is 1.75. The molecule has 0 aliphatic rings. The number of nitrogens with one attached hydrogen (secondary N) is 2. The first-order chi connectivity index (χ1) is 16.3. The third kappa shape index (κ3) is 6.41. The summed E-state index contributed by atoms with van der Waals surface area (Å²) in [6.07, 6.45) is 3.80. The Bertz CT molecular complexity index is 1290. The lowest BCUT2D eigenvalue weighted by atomic mass is 10.0. The number of hydrogen-bond donors (Lipinski definition) is 3. The summed E-state index contributed by atoms with van der Waals surface area (Å²) in [5.74, 6) is -1.35. The van der Waals surface area contributed by atoms with Gasteiger partial charge in [0, 0.05) is 34.8 Å². The molecule has 178 valence electrons. The standard InChI is InChI=1S/C24H25FN4O5/c1-34-24(33)28-20(6-2-3-7-22(26)31)21(30)13-15-5-4-10-29(23(15)32)14-18-12-16-11-17(25)8-9-19(16)27-18/h3-5,7-12,20,27H,2,6,13-14H2,1H3,(H2,26,31)(H,28,33)/b7-3+/t20-/m0/s1. The first-order valence-corrected chi connectivity index (χ1v) is 10.6. The highest BCUT2D eigenvalue weighted by molar-refractivity contribution is 5.89. The highest BCUT2D eigenvalue weighted by atomic mass is 19.1. The van der Waals surface area contributed by atoms with Crippen LogP contribution in [0.15, 0.2) is 59.5 Å². The first kappa shape index (κ1) is 24.4. The molecule has 10 heteroatoms. The molecule has 2 heterocycles. The second kappa shape index (κ2) is 11.1. The predicted molar refractivity (Wildman–Crippen MR) is 124 cm³/mol. The van der Waals surface area contributed by atoms with Crippen LogP contribution < -0.4 is 16.6 Å². The van der Waals surface area contributed by atoms with Gasteiger partial charge in [-0.3, -0.25) is 14.4 Å². The van der Waals surface area contributed by atoms with E-state index in [-0.39, 0.29) is 42.1 Å². The number of halogens is 1. The Morgan fingerprint density at radius 1 is 1.26 bits per heavy atom. The summed E-state index contributed by atoms with van der Waals surface area (Å²) in [5.41, 5.74) is 6.41. The molecule has 0 radical (unpaired) electrons. The lowest BCUT2D eigenvalue weighted by molar-refractivity contribution is -0.120. The molecule has 0 aliphatic heterocycles. The van der Waals surface area contributed by atoms with Crippen molar-refractivity contribution in [1.29, 1.82) is 0 Å². The van der Waals surface area contributed by atoms with Crippen LogP contribution in [0.25, 0.3) is 10.9 Å². The lowest BCUT2D eigenvalue weighted by Crippen LogP contribution is -2.42. The normalized spacial score (nSPS) is 12.1. The van der Waals surface area contributed by atoms with Crippen molar-refractivity contribution in [3.05, 3.63) is 82.2 Å². The van der Waals surface area contributed by atoms with E-state index < -0.39 is 18.0 Å². The molecule has 0 aliphatic carbocycles. The molecule has 0 unspecified atom stereocenters. The van der Waals surface area contributed by atoms with Crippen molar-refractivity contribution in [1.82, 2.24) is 14.9 Å². The van der Waals surface area contributed by atoms with Crippen LogP contribution in [0.1, 0.15) is 24.1 Å². The largest absolute Gasteiger partial charge is 0.453 e. The Morgan fingerprint density at radius 3 is 2.79 bits per heavy atom. The number of ether oxygens (including phenoxy) is 1. The molecule has 0 saturated carbocycles. The van der Waals surface area contributed by atoms with Crippen molar-refractivity contribution < 1.29 is 23.5 Å². The van der Waals surface area contributed by atoms with E-state index in [9.17, 15) is 23.6 Å². The molecule has 1 aromatic carbocycles. The van der Waals surface area contributed by atoms with Crippen molar-refractivity contribution >= 4 is 28.7 Å². The second-order valence-corrected chi connectivity index (χ2v) is 7.71. The Labute approximate surface area is 194 Å². The number of allylic oxidation sites excluding steroid dienone is 1. The molecule has 4 N–H and O–H groups in total. The van der Waals surface area contributed by atoms with Gasteiger partial charge in [-0.1, -0.05) is 12.1 Å². The van der Waals surface area contributed by atoms with Crippen molar-refractivity contribution in [3.63, 3.8) is 0 Å². The zero-order chi connectivity index (χ0) is 24.7. The Hall–Kier alpha value is -4.21. The number of carbonyl (C=O) groups excluding carboxylic acids is 3. The van der Waals surface area contributed by atoms with Crippen LogP contribution in [0.4, 0.5) is 9.18 Å². The molecule has 0 spiro atoms. The summed E-state index contributed by atoms with van der Waals surface area (Å²) in [6, 6.07) is 8.44. The van der Waals surface area contributed by atoms with Crippen LogP contribution in [0, 0.1) is 5.82 Å². The fraction of sp³-hybridized carbons (Fsp3) is 0.250. The van der Waals surface area contributed by atoms with Gasteiger partial charge in [0.05, 0.1) is 19.7 Å². The molecule has 0 fully saturated rings. The number of fused-ring (bicyclic) bond motifs is 1. The van der Waals surface area contributed by atoms with E-state index in [1.807, 2.05) is 0 Å². The fourth-order valence-corrected chi connectivity index (χ4v) is 3.57. The number of hydrogen-bond acceptors (Lipinski definition) is 5. The highest BCUT2D eigenvalue weighted by Crippen LogP contribution is 2.17. The summed E-state index contributed by atoms with van der Waals surface area (Å²) in [4.78, 5) is 51.5. The van der Waals surface area contributed by atoms with E-state index >= 15 is 0 Å². The molecule has 2 aromatic heterocycles. The van der Waals surface area contributed by atoms with Gasteiger partial charge in [0.15, 0.2) is 5.78 Å². The number of benzene rings is 1. The maximum atomic E-state index is 13.5. The van der Waals surface area contributed by atoms with Gasteiger partial charge in [0.2, 0.25) is 5.91 Å². The first-order valence-electron chi connectivity index (χ1n) is 10.6. The smallest absolute Gasteiger partial charge is 0.407 e. The van der Waals surface area contributed by atoms with Crippen LogP contribution in [0.2, 0.25) is 0 Å². The minimum atomic E-state index is -0.915. The number of primary amides is 1. The van der Waals surface area contributed by atoms with Crippen LogP contribution in [-0.4, -0.2) is 40.5 Å². The molecule has 3 rings (SSSR count). The SMILES string of the molecule is COC(=O)N[C@@H](CC/C=C/C(N)=O)C(=O)Cc1cccn(Cc2cc3cc(F)ccc3[nH]2)c1=O. The minimum Gasteiger partial charge on any atom is -0.453 e. The zero-order valence-corrected chi connectivity index (χ0v) is 18.5. The minimum absolute atomic E-state index is 0.199. The topological polar surface area (TPSA) is 136 Å². The molecule has 3 aromatic rings. The van der Waals surface area contributed by atoms with E-state index in [0.717, 1.165) is 5.52 Å². The number of pyridine rings is 1. The zero-order valence-electron chi connectivity index (χ0n) is 18.5. The Kier molecular flexibility index (Phi) is 7.96. The molecule has 9 nitrogen and oxygen atoms in total. The molecule has 1 atom stereocenters. The van der Waals surface area contributed by atoms with Crippen LogP contribution >= 0.6 is 0 Å². The summed E-state index contributed by atoms with van der Waals surface area (Å²) >= 11 is 0. The average molecular weight is 468 g/mol. The number of rotatable bonds is 10. The maximum Gasteiger partial charge on any atom is 0.407 e. The number of aromatic nitrogens is 2. The van der Waals surface area contributed by atoms with Gasteiger partial charge in [-0.15, -0.1) is 0 Å². The van der Waals surface area contributed by atoms with Gasteiger partial charge >= 0.3 is 6.09 Å². The molecule has 0 bridgehead atoms. The molecular formula is C24H25FN4O5. The van der Waals surface area contributed by atoms with Gasteiger partial charge in [0.25, 0.3) is 5.56 Å². The highest BCUT2D eigenvalue weighted by Gasteiger charge is 2.22. The van der Waals surface area contributed by atoms with Crippen LogP contribution in [0.3, 0.4) is 0 Å².